The normalized spacial score (nSPS) is 11.4. The summed E-state index contributed by atoms with van der Waals surface area (Å²) in [7, 11) is 0. The van der Waals surface area contributed by atoms with Gasteiger partial charge in [-0.15, -0.1) is 0 Å². The second-order valence-electron chi connectivity index (χ2n) is 6.90. The van der Waals surface area contributed by atoms with E-state index < -0.39 is 30.0 Å². The molecule has 5 nitrogen and oxygen atoms in total. The summed E-state index contributed by atoms with van der Waals surface area (Å²) in [5, 5.41) is 6.97. The molecule has 1 amide bonds. The van der Waals surface area contributed by atoms with Crippen LogP contribution in [0.4, 0.5) is 17.6 Å². The van der Waals surface area contributed by atoms with Crippen molar-refractivity contribution in [2.75, 3.05) is 0 Å². The minimum Gasteiger partial charge on any atom is -0.348 e. The van der Waals surface area contributed by atoms with Gasteiger partial charge in [-0.3, -0.25) is 9.78 Å². The molecule has 2 heterocycles. The lowest BCUT2D eigenvalue weighted by molar-refractivity contribution is -0.138. The highest BCUT2D eigenvalue weighted by atomic mass is 19.4. The number of amides is 1. The molecule has 4 aromatic rings. The number of carbonyl (C=O) groups excluding carboxylic acids is 1. The maximum atomic E-state index is 13.3. The third-order valence-corrected chi connectivity index (χ3v) is 4.73. The average Bonchev–Trinajstić information content (AvgIpc) is 3.24. The standard InChI is InChI=1S/C23H16F4N4O/c24-17-9-8-15(20(11-17)23(25,26)27)13-29-22(32)19-14-31(18-6-2-1-3-7-18)30-21(19)16-5-4-10-28-12-16/h1-12,14H,13H2,(H,29,32). The summed E-state index contributed by atoms with van der Waals surface area (Å²) in [5.41, 5.74) is 0.391. The van der Waals surface area contributed by atoms with Gasteiger partial charge < -0.3 is 5.32 Å². The fraction of sp³-hybridized carbons (Fsp3) is 0.0870. The van der Waals surface area contributed by atoms with Crippen molar-refractivity contribution >= 4 is 5.91 Å². The average molecular weight is 440 g/mol. The Bertz CT molecular complexity index is 1240. The molecule has 0 fully saturated rings. The SMILES string of the molecule is O=C(NCc1ccc(F)cc1C(F)(F)F)c1cn(-c2ccccc2)nc1-c1cccnc1. The van der Waals surface area contributed by atoms with E-state index in [-0.39, 0.29) is 11.1 Å². The molecule has 1 N–H and O–H groups in total. The quantitative estimate of drug-likeness (QED) is 0.443. The van der Waals surface area contributed by atoms with Crippen LogP contribution in [-0.2, 0) is 12.7 Å². The molecule has 0 aliphatic rings. The van der Waals surface area contributed by atoms with Gasteiger partial charge in [0.2, 0.25) is 0 Å². The zero-order chi connectivity index (χ0) is 22.7. The Morgan fingerprint density at radius 2 is 1.81 bits per heavy atom. The van der Waals surface area contributed by atoms with Gasteiger partial charge >= 0.3 is 6.18 Å². The predicted octanol–water partition coefficient (Wildman–Crippen LogP) is 5.02. The van der Waals surface area contributed by atoms with Crippen molar-refractivity contribution in [2.45, 2.75) is 12.7 Å². The number of nitrogens with one attached hydrogen (secondary N) is 1. The number of aromatic nitrogens is 3. The van der Waals surface area contributed by atoms with E-state index in [9.17, 15) is 22.4 Å². The Labute approximate surface area is 180 Å². The minimum absolute atomic E-state index is 0.164. The van der Waals surface area contributed by atoms with E-state index in [1.807, 2.05) is 18.2 Å². The molecule has 0 aliphatic carbocycles. The molecule has 4 rings (SSSR count). The number of para-hydroxylation sites is 1. The van der Waals surface area contributed by atoms with Gasteiger partial charge in [-0.05, 0) is 42.0 Å². The molecule has 0 unspecified atom stereocenters. The summed E-state index contributed by atoms with van der Waals surface area (Å²) < 4.78 is 54.6. The van der Waals surface area contributed by atoms with Crippen molar-refractivity contribution in [3.63, 3.8) is 0 Å². The van der Waals surface area contributed by atoms with Gasteiger partial charge in [0, 0.05) is 30.7 Å². The molecule has 162 valence electrons. The summed E-state index contributed by atoms with van der Waals surface area (Å²) in [6, 6.07) is 14.8. The fourth-order valence-corrected chi connectivity index (χ4v) is 3.21. The second kappa shape index (κ2) is 8.62. The molecule has 2 aromatic heterocycles. The van der Waals surface area contributed by atoms with Crippen molar-refractivity contribution in [3.05, 3.63) is 102 Å². The summed E-state index contributed by atoms with van der Waals surface area (Å²) in [4.78, 5) is 17.0. The highest BCUT2D eigenvalue weighted by molar-refractivity contribution is 5.99. The lowest BCUT2D eigenvalue weighted by Crippen LogP contribution is -2.25. The minimum atomic E-state index is -4.75. The van der Waals surface area contributed by atoms with Crippen LogP contribution in [0.5, 0.6) is 0 Å². The molecule has 9 heteroatoms. The second-order valence-corrected chi connectivity index (χ2v) is 6.90. The lowest BCUT2D eigenvalue weighted by atomic mass is 10.1. The molecule has 0 saturated carbocycles. The number of halogens is 4. The highest BCUT2D eigenvalue weighted by Crippen LogP contribution is 2.32. The monoisotopic (exact) mass is 440 g/mol. The van der Waals surface area contributed by atoms with Crippen LogP contribution in [0.15, 0.2) is 79.3 Å². The summed E-state index contributed by atoms with van der Waals surface area (Å²) in [6.07, 6.45) is -0.135. The van der Waals surface area contributed by atoms with Gasteiger partial charge in [-0.25, -0.2) is 9.07 Å². The number of nitrogens with zero attached hydrogens (tertiary/aromatic N) is 3. The first kappa shape index (κ1) is 21.2. The van der Waals surface area contributed by atoms with Crippen molar-refractivity contribution in [1.82, 2.24) is 20.1 Å². The Morgan fingerprint density at radius 3 is 2.50 bits per heavy atom. The third-order valence-electron chi connectivity index (χ3n) is 4.73. The molecule has 0 aliphatic heterocycles. The van der Waals surface area contributed by atoms with E-state index >= 15 is 0 Å². The van der Waals surface area contributed by atoms with Crippen molar-refractivity contribution in [1.29, 1.82) is 0 Å². The van der Waals surface area contributed by atoms with E-state index in [0.29, 0.717) is 23.0 Å². The van der Waals surface area contributed by atoms with Gasteiger partial charge in [0.05, 0.1) is 16.8 Å². The molecular formula is C23H16F4N4O. The van der Waals surface area contributed by atoms with Crippen LogP contribution in [-0.4, -0.2) is 20.7 Å². The van der Waals surface area contributed by atoms with Gasteiger partial charge in [0.15, 0.2) is 0 Å². The van der Waals surface area contributed by atoms with Crippen LogP contribution >= 0.6 is 0 Å². The number of benzene rings is 2. The van der Waals surface area contributed by atoms with E-state index in [1.54, 1.807) is 30.5 Å². The molecule has 0 saturated heterocycles. The number of rotatable bonds is 5. The maximum absolute atomic E-state index is 13.3. The van der Waals surface area contributed by atoms with Gasteiger partial charge in [0.1, 0.15) is 11.5 Å². The molecule has 0 bridgehead atoms. The predicted molar refractivity (Wildman–Crippen MR) is 109 cm³/mol. The topological polar surface area (TPSA) is 59.8 Å². The molecule has 0 radical (unpaired) electrons. The maximum Gasteiger partial charge on any atom is 0.416 e. The molecular weight excluding hydrogens is 424 g/mol. The zero-order valence-electron chi connectivity index (χ0n) is 16.5. The summed E-state index contributed by atoms with van der Waals surface area (Å²) in [5.74, 6) is -1.63. The summed E-state index contributed by atoms with van der Waals surface area (Å²) in [6.45, 7) is -0.434. The first-order valence-electron chi connectivity index (χ1n) is 9.52. The fourth-order valence-electron chi connectivity index (χ4n) is 3.21. The van der Waals surface area contributed by atoms with Crippen LogP contribution in [0.2, 0.25) is 0 Å². The van der Waals surface area contributed by atoms with Crippen molar-refractivity contribution in [3.8, 4) is 16.9 Å². The van der Waals surface area contributed by atoms with Gasteiger partial charge in [-0.2, -0.15) is 18.3 Å². The van der Waals surface area contributed by atoms with E-state index in [2.05, 4.69) is 15.4 Å². The molecule has 2 aromatic carbocycles. The van der Waals surface area contributed by atoms with E-state index in [4.69, 9.17) is 0 Å². The number of carbonyl (C=O) groups is 1. The largest absolute Gasteiger partial charge is 0.416 e. The number of pyridine rings is 1. The molecule has 0 spiro atoms. The Morgan fingerprint density at radius 1 is 1.03 bits per heavy atom. The van der Waals surface area contributed by atoms with Crippen LogP contribution in [0.25, 0.3) is 16.9 Å². The Kier molecular flexibility index (Phi) is 5.72. The number of hydrogen-bond donors (Lipinski definition) is 1. The van der Waals surface area contributed by atoms with Crippen LogP contribution in [0.3, 0.4) is 0 Å². The van der Waals surface area contributed by atoms with Gasteiger partial charge in [-0.1, -0.05) is 24.3 Å². The first-order chi connectivity index (χ1) is 15.3. The van der Waals surface area contributed by atoms with Crippen molar-refractivity contribution < 1.29 is 22.4 Å². The van der Waals surface area contributed by atoms with Crippen LogP contribution < -0.4 is 5.32 Å². The molecule has 32 heavy (non-hydrogen) atoms. The lowest BCUT2D eigenvalue weighted by Gasteiger charge is -2.13. The number of hydrogen-bond acceptors (Lipinski definition) is 3. The van der Waals surface area contributed by atoms with Crippen LogP contribution in [0, 0.1) is 5.82 Å². The van der Waals surface area contributed by atoms with Crippen LogP contribution in [0.1, 0.15) is 21.5 Å². The first-order valence-corrected chi connectivity index (χ1v) is 9.52. The third kappa shape index (κ3) is 4.51. The van der Waals surface area contributed by atoms with E-state index in [1.165, 1.54) is 17.1 Å². The Balaban J connectivity index is 1.66. The van der Waals surface area contributed by atoms with Gasteiger partial charge in [0.25, 0.3) is 5.91 Å². The highest BCUT2D eigenvalue weighted by Gasteiger charge is 2.34. The number of alkyl halides is 3. The van der Waals surface area contributed by atoms with E-state index in [0.717, 1.165) is 12.1 Å². The zero-order valence-corrected chi connectivity index (χ0v) is 16.5. The molecule has 0 atom stereocenters. The smallest absolute Gasteiger partial charge is 0.348 e. The van der Waals surface area contributed by atoms with Crippen molar-refractivity contribution in [2.24, 2.45) is 0 Å². The Hall–Kier alpha value is -4.01. The summed E-state index contributed by atoms with van der Waals surface area (Å²) >= 11 is 0.